The molecule has 2 amide bonds. The van der Waals surface area contributed by atoms with Crippen LogP contribution >= 0.6 is 0 Å². The van der Waals surface area contributed by atoms with E-state index in [2.05, 4.69) is 0 Å². The summed E-state index contributed by atoms with van der Waals surface area (Å²) in [6.07, 6.45) is -5.05. The zero-order valence-electron chi connectivity index (χ0n) is 11.5. The molecule has 0 aliphatic heterocycles. The minimum absolute atomic E-state index is 0.347. The van der Waals surface area contributed by atoms with Crippen molar-refractivity contribution in [2.75, 3.05) is 6.61 Å². The van der Waals surface area contributed by atoms with E-state index in [9.17, 15) is 22.8 Å². The fourth-order valence-corrected chi connectivity index (χ4v) is 1.33. The predicted octanol–water partition coefficient (Wildman–Crippen LogP) is 1.90. The molecule has 0 aliphatic carbocycles. The molecule has 1 aromatic carbocycles. The van der Waals surface area contributed by atoms with E-state index < -0.39 is 24.6 Å². The van der Waals surface area contributed by atoms with Crippen molar-refractivity contribution in [3.8, 4) is 5.75 Å². The molecule has 0 aliphatic rings. The number of hydrogen-bond acceptors (Lipinski definition) is 3. The van der Waals surface area contributed by atoms with Crippen LogP contribution in [0.3, 0.4) is 0 Å². The molecule has 0 saturated heterocycles. The van der Waals surface area contributed by atoms with Gasteiger partial charge in [-0.1, -0.05) is 26.0 Å². The third kappa shape index (κ3) is 5.72. The lowest BCUT2D eigenvalue weighted by Crippen LogP contribution is -2.49. The Bertz CT molecular complexity index is 498. The minimum atomic E-state index is -5.05. The van der Waals surface area contributed by atoms with Gasteiger partial charge < -0.3 is 4.74 Å². The number of ether oxygens (including phenoxy) is 1. The molecule has 0 fully saturated rings. The van der Waals surface area contributed by atoms with Crippen molar-refractivity contribution in [2.45, 2.75) is 25.9 Å². The Morgan fingerprint density at radius 2 is 1.71 bits per heavy atom. The van der Waals surface area contributed by atoms with Crippen molar-refractivity contribution < 1.29 is 27.5 Å². The number of alkyl halides is 3. The van der Waals surface area contributed by atoms with Crippen molar-refractivity contribution in [2.24, 2.45) is 0 Å². The molecule has 8 heteroatoms. The van der Waals surface area contributed by atoms with E-state index in [1.165, 1.54) is 5.43 Å². The van der Waals surface area contributed by atoms with Crippen LogP contribution in [0.1, 0.15) is 25.3 Å². The molecule has 1 rings (SSSR count). The van der Waals surface area contributed by atoms with E-state index in [-0.39, 0.29) is 0 Å². The van der Waals surface area contributed by atoms with Gasteiger partial charge in [-0.05, 0) is 23.6 Å². The number of hydrogen-bond donors (Lipinski definition) is 2. The monoisotopic (exact) mass is 304 g/mol. The molecular weight excluding hydrogens is 289 g/mol. The van der Waals surface area contributed by atoms with Gasteiger partial charge in [0.25, 0.3) is 5.91 Å². The Morgan fingerprint density at radius 3 is 2.19 bits per heavy atom. The van der Waals surface area contributed by atoms with Gasteiger partial charge in [0.05, 0.1) is 0 Å². The fraction of sp³-hybridized carbons (Fsp3) is 0.385. The Morgan fingerprint density at radius 1 is 1.14 bits per heavy atom. The van der Waals surface area contributed by atoms with Gasteiger partial charge in [-0.15, -0.1) is 0 Å². The molecule has 0 bridgehead atoms. The van der Waals surface area contributed by atoms with Gasteiger partial charge in [0.2, 0.25) is 0 Å². The first-order valence-corrected chi connectivity index (χ1v) is 6.09. The summed E-state index contributed by atoms with van der Waals surface area (Å²) < 4.78 is 40.7. The van der Waals surface area contributed by atoms with E-state index in [1.807, 2.05) is 26.0 Å². The largest absolute Gasteiger partial charge is 0.484 e. The lowest BCUT2D eigenvalue weighted by Gasteiger charge is -2.11. The molecule has 1 aromatic rings. The van der Waals surface area contributed by atoms with Gasteiger partial charge in [-0.25, -0.2) is 0 Å². The third-order valence-corrected chi connectivity index (χ3v) is 2.49. The van der Waals surface area contributed by atoms with Crippen LogP contribution in [0.2, 0.25) is 0 Å². The van der Waals surface area contributed by atoms with Gasteiger partial charge in [0, 0.05) is 0 Å². The van der Waals surface area contributed by atoms with Gasteiger partial charge in [-0.2, -0.15) is 13.2 Å². The summed E-state index contributed by atoms with van der Waals surface area (Å²) in [6, 6.07) is 6.94. The van der Waals surface area contributed by atoms with Crippen molar-refractivity contribution in [1.82, 2.24) is 10.9 Å². The molecule has 2 N–H and O–H groups in total. The topological polar surface area (TPSA) is 67.4 Å². The molecule has 0 unspecified atom stereocenters. The van der Waals surface area contributed by atoms with Gasteiger partial charge in [-0.3, -0.25) is 20.4 Å². The second kappa shape index (κ2) is 6.96. The molecule has 0 saturated carbocycles. The number of nitrogens with one attached hydrogen (secondary N) is 2. The lowest BCUT2D eigenvalue weighted by molar-refractivity contribution is -0.175. The summed E-state index contributed by atoms with van der Waals surface area (Å²) in [4.78, 5) is 21.7. The molecule has 0 spiro atoms. The average Bonchev–Trinajstić information content (AvgIpc) is 2.41. The van der Waals surface area contributed by atoms with Crippen LogP contribution in [-0.2, 0) is 9.59 Å². The van der Waals surface area contributed by atoms with Crippen molar-refractivity contribution in [3.63, 3.8) is 0 Å². The van der Waals surface area contributed by atoms with Crippen LogP contribution in [0.4, 0.5) is 13.2 Å². The highest BCUT2D eigenvalue weighted by molar-refractivity contribution is 5.85. The summed E-state index contributed by atoms with van der Waals surface area (Å²) in [6.45, 7) is 3.53. The Labute approximate surface area is 119 Å². The van der Waals surface area contributed by atoms with Gasteiger partial charge in [0.1, 0.15) is 5.75 Å². The second-order valence-electron chi connectivity index (χ2n) is 4.51. The number of rotatable bonds is 4. The molecule has 0 heterocycles. The maximum absolute atomic E-state index is 11.9. The van der Waals surface area contributed by atoms with Crippen LogP contribution in [0.25, 0.3) is 0 Å². The molecule has 5 nitrogen and oxygen atoms in total. The number of carbonyl (C=O) groups is 2. The fourth-order valence-electron chi connectivity index (χ4n) is 1.33. The van der Waals surface area contributed by atoms with Gasteiger partial charge >= 0.3 is 12.1 Å². The van der Waals surface area contributed by atoms with E-state index in [1.54, 1.807) is 17.6 Å². The average molecular weight is 304 g/mol. The smallest absolute Gasteiger partial charge is 0.472 e. The first kappa shape index (κ1) is 16.8. The lowest BCUT2D eigenvalue weighted by atomic mass is 10.0. The maximum atomic E-state index is 11.9. The van der Waals surface area contributed by atoms with Crippen molar-refractivity contribution in [1.29, 1.82) is 0 Å². The Hall–Kier alpha value is -2.25. The van der Waals surface area contributed by atoms with Crippen LogP contribution in [0.5, 0.6) is 5.75 Å². The van der Waals surface area contributed by atoms with E-state index in [0.29, 0.717) is 11.7 Å². The van der Waals surface area contributed by atoms with Crippen LogP contribution < -0.4 is 15.6 Å². The predicted molar refractivity (Wildman–Crippen MR) is 68.4 cm³/mol. The Balaban J connectivity index is 2.38. The number of benzene rings is 1. The number of hydrazine groups is 1. The van der Waals surface area contributed by atoms with Crippen molar-refractivity contribution >= 4 is 11.8 Å². The molecule has 0 atom stereocenters. The molecule has 116 valence electrons. The minimum Gasteiger partial charge on any atom is -0.484 e. The highest BCUT2D eigenvalue weighted by atomic mass is 19.4. The summed E-state index contributed by atoms with van der Waals surface area (Å²) >= 11 is 0. The summed E-state index contributed by atoms with van der Waals surface area (Å²) in [5.74, 6) is -2.41. The summed E-state index contributed by atoms with van der Waals surface area (Å²) in [5.41, 5.74) is 3.93. The molecule has 21 heavy (non-hydrogen) atoms. The second-order valence-corrected chi connectivity index (χ2v) is 4.51. The number of carbonyl (C=O) groups excluding carboxylic acids is 2. The SMILES string of the molecule is CC(C)c1ccc(OCC(=O)NNC(=O)C(F)(F)F)cc1. The maximum Gasteiger partial charge on any atom is 0.472 e. The number of amides is 2. The first-order chi connectivity index (χ1) is 9.70. The highest BCUT2D eigenvalue weighted by Crippen LogP contribution is 2.18. The summed E-state index contributed by atoms with van der Waals surface area (Å²) in [7, 11) is 0. The summed E-state index contributed by atoms with van der Waals surface area (Å²) in [5, 5.41) is 0. The van der Waals surface area contributed by atoms with Crippen molar-refractivity contribution in [3.05, 3.63) is 29.8 Å². The zero-order valence-corrected chi connectivity index (χ0v) is 11.5. The number of halogens is 3. The molecular formula is C13H15F3N2O3. The van der Waals surface area contributed by atoms with Gasteiger partial charge in [0.15, 0.2) is 6.61 Å². The van der Waals surface area contributed by atoms with E-state index in [0.717, 1.165) is 5.56 Å². The van der Waals surface area contributed by atoms with Crippen LogP contribution in [0.15, 0.2) is 24.3 Å². The standard InChI is InChI=1S/C13H15F3N2O3/c1-8(2)9-3-5-10(6-4-9)21-7-11(19)17-18-12(20)13(14,15)16/h3-6,8H,7H2,1-2H3,(H,17,19)(H,18,20). The molecule has 0 radical (unpaired) electrons. The van der Waals surface area contributed by atoms with Crippen LogP contribution in [0, 0.1) is 0 Å². The van der Waals surface area contributed by atoms with Crippen LogP contribution in [-0.4, -0.2) is 24.6 Å². The third-order valence-electron chi connectivity index (χ3n) is 2.49. The Kier molecular flexibility index (Phi) is 5.57. The first-order valence-electron chi connectivity index (χ1n) is 6.09. The van der Waals surface area contributed by atoms with E-state index in [4.69, 9.17) is 4.74 Å². The van der Waals surface area contributed by atoms with E-state index >= 15 is 0 Å². The zero-order chi connectivity index (χ0) is 16.0. The highest BCUT2D eigenvalue weighted by Gasteiger charge is 2.38. The molecule has 0 aromatic heterocycles. The normalized spacial score (nSPS) is 11.1. The quantitative estimate of drug-likeness (QED) is 0.835.